The van der Waals surface area contributed by atoms with Crippen molar-refractivity contribution in [2.45, 2.75) is 12.2 Å². The number of aromatic nitrogens is 1. The highest BCUT2D eigenvalue weighted by Gasteiger charge is 2.21. The Labute approximate surface area is 71.4 Å². The third kappa shape index (κ3) is 1.03. The van der Waals surface area contributed by atoms with Crippen LogP contribution in [0.5, 0.6) is 0 Å². The van der Waals surface area contributed by atoms with Crippen molar-refractivity contribution in [2.75, 3.05) is 0 Å². The van der Waals surface area contributed by atoms with Crippen molar-refractivity contribution >= 4 is 6.08 Å². The van der Waals surface area contributed by atoms with Crippen molar-refractivity contribution in [3.8, 4) is 0 Å². The first-order valence-electron chi connectivity index (χ1n) is 4.16. The van der Waals surface area contributed by atoms with Crippen LogP contribution in [0.2, 0.25) is 0 Å². The summed E-state index contributed by atoms with van der Waals surface area (Å²) in [6.07, 6.45) is 1.38. The number of aliphatic hydroxyl groups excluding tert-OH is 1. The minimum Gasteiger partial charge on any atom is -0.386 e. The maximum atomic E-state index is 9.62. The summed E-state index contributed by atoms with van der Waals surface area (Å²) in [4.78, 5) is 3.97. The number of hydrogen-bond donors (Lipinski definition) is 2. The van der Waals surface area contributed by atoms with Crippen LogP contribution in [0.4, 0.5) is 0 Å². The first kappa shape index (κ1) is 6.34. The largest absolute Gasteiger partial charge is 0.386 e. The molecule has 0 saturated heterocycles. The zero-order valence-electron chi connectivity index (χ0n) is 7.31. The van der Waals surface area contributed by atoms with Crippen molar-refractivity contribution in [3.05, 3.63) is 35.7 Å². The molecule has 2 rings (SSSR count). The Morgan fingerprint density at radius 1 is 1.50 bits per heavy atom. The van der Waals surface area contributed by atoms with Gasteiger partial charge in [-0.3, -0.25) is 4.98 Å². The van der Waals surface area contributed by atoms with E-state index in [1.165, 1.54) is 6.08 Å². The Balaban J connectivity index is 2.61. The summed E-state index contributed by atoms with van der Waals surface area (Å²) in [6.45, 7) is 0. The van der Waals surface area contributed by atoms with Gasteiger partial charge < -0.3 is 10.2 Å². The molecule has 2 atom stereocenters. The van der Waals surface area contributed by atoms with Gasteiger partial charge in [-0.25, -0.2) is 0 Å². The van der Waals surface area contributed by atoms with E-state index in [0.717, 1.165) is 0 Å². The summed E-state index contributed by atoms with van der Waals surface area (Å²) < 4.78 is 7.53. The fourth-order valence-electron chi connectivity index (χ4n) is 1.20. The lowest BCUT2D eigenvalue weighted by molar-refractivity contribution is 0.0467. The van der Waals surface area contributed by atoms with Crippen molar-refractivity contribution in [3.63, 3.8) is 0 Å². The van der Waals surface area contributed by atoms with Crippen LogP contribution in [0.25, 0.3) is 6.08 Å². The molecule has 0 saturated carbocycles. The van der Waals surface area contributed by atoms with Crippen LogP contribution in [0.3, 0.4) is 0 Å². The molecule has 0 amide bonds. The van der Waals surface area contributed by atoms with Gasteiger partial charge in [0.1, 0.15) is 12.2 Å². The van der Waals surface area contributed by atoms with Crippen LogP contribution in [-0.2, 0) is 0 Å². The molecule has 0 spiro atoms. The summed E-state index contributed by atoms with van der Waals surface area (Å²) in [6, 6.07) is 3.21. The molecule has 0 fully saturated rings. The smallest absolute Gasteiger partial charge is 0.111 e. The van der Waals surface area contributed by atoms with Gasteiger partial charge in [0.05, 0.1) is 7.06 Å². The zero-order chi connectivity index (χ0) is 9.47. The number of hydrogen-bond acceptors (Lipinski definition) is 3. The Morgan fingerprint density at radius 2 is 2.33 bits per heavy atom. The molecular formula is C9H9NO2. The minimum atomic E-state index is -1.97. The van der Waals surface area contributed by atoms with E-state index in [2.05, 4.69) is 4.98 Å². The van der Waals surface area contributed by atoms with Gasteiger partial charge in [0, 0.05) is 11.8 Å². The monoisotopic (exact) mass is 164 g/mol. The van der Waals surface area contributed by atoms with Crippen LogP contribution in [0, 0.1) is 0 Å². The highest BCUT2D eigenvalue weighted by molar-refractivity contribution is 5.54. The summed E-state index contributed by atoms with van der Waals surface area (Å²) in [5.41, 5.74) is 0.871. The molecule has 3 heteroatoms. The number of pyridine rings is 1. The second-order valence-corrected chi connectivity index (χ2v) is 2.63. The maximum Gasteiger partial charge on any atom is 0.111 e. The molecule has 1 aliphatic rings. The number of rotatable bonds is 0. The molecule has 0 aliphatic heterocycles. The highest BCUT2D eigenvalue weighted by atomic mass is 16.3. The van der Waals surface area contributed by atoms with E-state index < -0.39 is 12.2 Å². The van der Waals surface area contributed by atoms with E-state index in [1.54, 1.807) is 24.4 Å². The third-order valence-electron chi connectivity index (χ3n) is 1.83. The van der Waals surface area contributed by atoms with E-state index in [4.69, 9.17) is 1.37 Å². The molecule has 62 valence electrons. The maximum absolute atomic E-state index is 9.62. The second kappa shape index (κ2) is 2.69. The van der Waals surface area contributed by atoms with Gasteiger partial charge >= 0.3 is 0 Å². The van der Waals surface area contributed by atoms with Gasteiger partial charge in [0.15, 0.2) is 0 Å². The first-order valence-corrected chi connectivity index (χ1v) is 3.66. The molecule has 12 heavy (non-hydrogen) atoms. The van der Waals surface area contributed by atoms with Crippen molar-refractivity contribution in [1.82, 2.24) is 4.98 Å². The topological polar surface area (TPSA) is 53.4 Å². The third-order valence-corrected chi connectivity index (χ3v) is 1.83. The number of nitrogens with zero attached hydrogens (tertiary/aromatic N) is 1. The Bertz CT molecular complexity index is 362. The normalized spacial score (nSPS) is 34.2. The molecule has 2 N–H and O–H groups in total. The van der Waals surface area contributed by atoms with Gasteiger partial charge in [-0.05, 0) is 12.1 Å². The highest BCUT2D eigenvalue weighted by Crippen LogP contribution is 2.25. The van der Waals surface area contributed by atoms with Crippen LogP contribution < -0.4 is 0 Å². The van der Waals surface area contributed by atoms with E-state index in [9.17, 15) is 10.2 Å². The van der Waals surface area contributed by atoms with Gasteiger partial charge in [-0.1, -0.05) is 12.1 Å². The van der Waals surface area contributed by atoms with E-state index in [0.29, 0.717) is 11.3 Å². The molecule has 3 nitrogen and oxygen atoms in total. The Hall–Kier alpha value is -1.19. The molecule has 1 aromatic heterocycles. The minimum absolute atomic E-state index is 0.338. The zero-order valence-corrected chi connectivity index (χ0v) is 6.31. The fourth-order valence-corrected chi connectivity index (χ4v) is 1.20. The SMILES string of the molecule is [2H][C@]1(O)c2cccnc2C=C[C@@H]1O. The van der Waals surface area contributed by atoms with Crippen LogP contribution in [0.1, 0.15) is 18.7 Å². The molecular weight excluding hydrogens is 154 g/mol. The van der Waals surface area contributed by atoms with E-state index in [1.807, 2.05) is 0 Å². The molecule has 1 heterocycles. The molecule has 0 radical (unpaired) electrons. The van der Waals surface area contributed by atoms with E-state index in [-0.39, 0.29) is 0 Å². The lowest BCUT2D eigenvalue weighted by Crippen LogP contribution is -2.19. The molecule has 0 unspecified atom stereocenters. The first-order chi connectivity index (χ1) is 6.12. The van der Waals surface area contributed by atoms with Gasteiger partial charge in [0.2, 0.25) is 0 Å². The fraction of sp³-hybridized carbons (Fsp3) is 0.222. The number of fused-ring (bicyclic) bond motifs is 1. The average Bonchev–Trinajstić information content (AvgIpc) is 2.13. The quantitative estimate of drug-likeness (QED) is 0.587. The van der Waals surface area contributed by atoms with Crippen molar-refractivity contribution < 1.29 is 11.6 Å². The lowest BCUT2D eigenvalue weighted by Gasteiger charge is -2.20. The summed E-state index contributed by atoms with van der Waals surface area (Å²) in [5, 5.41) is 19.0. The van der Waals surface area contributed by atoms with Gasteiger partial charge in [-0.15, -0.1) is 0 Å². The predicted octanol–water partition coefficient (Wildman–Crippen LogP) is 0.503. The lowest BCUT2D eigenvalue weighted by atomic mass is 9.97. The van der Waals surface area contributed by atoms with Gasteiger partial charge in [0.25, 0.3) is 0 Å². The summed E-state index contributed by atoms with van der Waals surface area (Å²) >= 11 is 0. The van der Waals surface area contributed by atoms with Crippen LogP contribution in [-0.4, -0.2) is 21.3 Å². The summed E-state index contributed by atoms with van der Waals surface area (Å²) in [7, 11) is 0. The van der Waals surface area contributed by atoms with Gasteiger partial charge in [-0.2, -0.15) is 0 Å². The predicted molar refractivity (Wildman–Crippen MR) is 44.2 cm³/mol. The standard InChI is InChI=1S/C9H9NO2/c11-8-4-3-7-6(9(8)12)2-1-5-10-7/h1-5,8-9,11-12H/t8-,9-/m0/s1/i9D. The molecule has 0 bridgehead atoms. The summed E-state index contributed by atoms with van der Waals surface area (Å²) in [5.74, 6) is 0. The second-order valence-electron chi connectivity index (χ2n) is 2.63. The van der Waals surface area contributed by atoms with E-state index >= 15 is 0 Å². The van der Waals surface area contributed by atoms with Crippen molar-refractivity contribution in [1.29, 1.82) is 0 Å². The van der Waals surface area contributed by atoms with Crippen LogP contribution in [0.15, 0.2) is 24.4 Å². The molecule has 0 aromatic carbocycles. The van der Waals surface area contributed by atoms with Crippen molar-refractivity contribution in [2.24, 2.45) is 0 Å². The Morgan fingerprint density at radius 3 is 3.17 bits per heavy atom. The average molecular weight is 164 g/mol. The Kier molecular flexibility index (Phi) is 1.42. The molecule has 1 aliphatic carbocycles. The molecule has 1 aromatic rings. The number of aliphatic hydroxyl groups is 2. The van der Waals surface area contributed by atoms with Crippen LogP contribution >= 0.6 is 0 Å².